The zero-order valence-electron chi connectivity index (χ0n) is 8.27. The number of rotatable bonds is 3. The van der Waals surface area contributed by atoms with Crippen LogP contribution in [0.25, 0.3) is 0 Å². The Balaban J connectivity index is 2.01. The minimum absolute atomic E-state index is 0.308. The third kappa shape index (κ3) is 2.08. The second kappa shape index (κ2) is 4.18. The van der Waals surface area contributed by atoms with E-state index in [9.17, 15) is 0 Å². The van der Waals surface area contributed by atoms with Crippen LogP contribution >= 0.6 is 0 Å². The lowest BCUT2D eigenvalue weighted by Crippen LogP contribution is -2.08. The van der Waals surface area contributed by atoms with Gasteiger partial charge in [0.15, 0.2) is 0 Å². The Kier molecular flexibility index (Phi) is 2.73. The molecule has 1 aromatic rings. The third-order valence-electron chi connectivity index (χ3n) is 2.36. The van der Waals surface area contributed by atoms with Crippen molar-refractivity contribution >= 4 is 0 Å². The van der Waals surface area contributed by atoms with E-state index in [0.717, 1.165) is 18.6 Å². The van der Waals surface area contributed by atoms with Crippen molar-refractivity contribution in [1.29, 1.82) is 0 Å². The van der Waals surface area contributed by atoms with Gasteiger partial charge in [-0.2, -0.15) is 0 Å². The van der Waals surface area contributed by atoms with Gasteiger partial charge in [-0.1, -0.05) is 12.1 Å². The number of ether oxygens (including phenoxy) is 2. The number of methoxy groups -OCH3 is 1. The lowest BCUT2D eigenvalue weighted by molar-refractivity contribution is 0.170. The van der Waals surface area contributed by atoms with Crippen LogP contribution in [0.2, 0.25) is 0 Å². The second-order valence-corrected chi connectivity index (χ2v) is 3.42. The molecule has 74 valence electrons. The standard InChI is InChI=1S/C12H14O2/c1-13-11-5-2-4-10(8-11)9-12-6-3-7-14-12/h2-5,7-8,12H,6,9H2,1H3. The maximum absolute atomic E-state index is 5.41. The summed E-state index contributed by atoms with van der Waals surface area (Å²) in [5.41, 5.74) is 1.26. The molecule has 2 heteroatoms. The summed E-state index contributed by atoms with van der Waals surface area (Å²) >= 11 is 0. The highest BCUT2D eigenvalue weighted by Crippen LogP contribution is 2.18. The molecule has 1 unspecified atom stereocenters. The van der Waals surface area contributed by atoms with Gasteiger partial charge in [-0.25, -0.2) is 0 Å². The van der Waals surface area contributed by atoms with E-state index in [1.165, 1.54) is 5.56 Å². The van der Waals surface area contributed by atoms with Crippen LogP contribution in [0.1, 0.15) is 12.0 Å². The highest BCUT2D eigenvalue weighted by Gasteiger charge is 2.11. The molecule has 0 saturated carbocycles. The topological polar surface area (TPSA) is 18.5 Å². The first-order valence-corrected chi connectivity index (χ1v) is 4.82. The molecular weight excluding hydrogens is 176 g/mol. The van der Waals surface area contributed by atoms with E-state index in [0.29, 0.717) is 6.10 Å². The van der Waals surface area contributed by atoms with E-state index in [-0.39, 0.29) is 0 Å². The molecule has 0 N–H and O–H groups in total. The van der Waals surface area contributed by atoms with Gasteiger partial charge >= 0.3 is 0 Å². The van der Waals surface area contributed by atoms with Gasteiger partial charge in [0, 0.05) is 12.8 Å². The summed E-state index contributed by atoms with van der Waals surface area (Å²) in [5.74, 6) is 0.911. The fraction of sp³-hybridized carbons (Fsp3) is 0.333. The van der Waals surface area contributed by atoms with E-state index in [2.05, 4.69) is 18.2 Å². The fourth-order valence-electron chi connectivity index (χ4n) is 1.62. The molecule has 0 saturated heterocycles. The van der Waals surface area contributed by atoms with E-state index in [1.54, 1.807) is 13.4 Å². The van der Waals surface area contributed by atoms with Crippen molar-refractivity contribution in [2.24, 2.45) is 0 Å². The predicted molar refractivity (Wildman–Crippen MR) is 55.3 cm³/mol. The maximum Gasteiger partial charge on any atom is 0.119 e. The molecule has 0 aliphatic carbocycles. The van der Waals surface area contributed by atoms with Gasteiger partial charge < -0.3 is 9.47 Å². The zero-order chi connectivity index (χ0) is 9.80. The van der Waals surface area contributed by atoms with E-state index < -0.39 is 0 Å². The molecule has 0 aromatic heterocycles. The van der Waals surface area contributed by atoms with Crippen LogP contribution in [0.4, 0.5) is 0 Å². The van der Waals surface area contributed by atoms with Crippen LogP contribution in [-0.4, -0.2) is 13.2 Å². The van der Waals surface area contributed by atoms with Crippen molar-refractivity contribution in [2.45, 2.75) is 18.9 Å². The Morgan fingerprint density at radius 1 is 1.50 bits per heavy atom. The average Bonchev–Trinajstić information content (AvgIpc) is 2.71. The minimum atomic E-state index is 0.308. The van der Waals surface area contributed by atoms with Crippen molar-refractivity contribution < 1.29 is 9.47 Å². The molecule has 1 aliphatic heterocycles. The summed E-state index contributed by atoms with van der Waals surface area (Å²) in [5, 5.41) is 0. The summed E-state index contributed by atoms with van der Waals surface area (Å²) in [7, 11) is 1.69. The van der Waals surface area contributed by atoms with Crippen LogP contribution < -0.4 is 4.74 Å². The van der Waals surface area contributed by atoms with Gasteiger partial charge in [0.05, 0.1) is 13.4 Å². The van der Waals surface area contributed by atoms with E-state index in [1.807, 2.05) is 12.1 Å². The Bertz CT molecular complexity index is 323. The lowest BCUT2D eigenvalue weighted by atomic mass is 10.1. The summed E-state index contributed by atoms with van der Waals surface area (Å²) in [4.78, 5) is 0. The predicted octanol–water partition coefficient (Wildman–Crippen LogP) is 2.54. The molecule has 1 atom stereocenters. The largest absolute Gasteiger partial charge is 0.498 e. The molecule has 0 amide bonds. The molecular formula is C12H14O2. The van der Waals surface area contributed by atoms with Crippen molar-refractivity contribution in [3.63, 3.8) is 0 Å². The summed E-state index contributed by atoms with van der Waals surface area (Å²) in [6.07, 6.45) is 6.11. The normalized spacial score (nSPS) is 19.4. The summed E-state index contributed by atoms with van der Waals surface area (Å²) in [6, 6.07) is 8.12. The number of benzene rings is 1. The van der Waals surface area contributed by atoms with E-state index in [4.69, 9.17) is 9.47 Å². The van der Waals surface area contributed by atoms with Crippen LogP contribution in [0.5, 0.6) is 5.75 Å². The first kappa shape index (κ1) is 9.13. The Morgan fingerprint density at radius 2 is 2.43 bits per heavy atom. The SMILES string of the molecule is COc1cccc(CC2CC=CO2)c1. The van der Waals surface area contributed by atoms with Crippen molar-refractivity contribution in [1.82, 2.24) is 0 Å². The molecule has 0 radical (unpaired) electrons. The third-order valence-corrected chi connectivity index (χ3v) is 2.36. The Labute approximate surface area is 84.2 Å². The smallest absolute Gasteiger partial charge is 0.119 e. The number of hydrogen-bond acceptors (Lipinski definition) is 2. The van der Waals surface area contributed by atoms with Crippen LogP contribution in [-0.2, 0) is 11.2 Å². The van der Waals surface area contributed by atoms with Gasteiger partial charge in [0.1, 0.15) is 11.9 Å². The molecule has 0 bridgehead atoms. The summed E-state index contributed by atoms with van der Waals surface area (Å²) < 4.78 is 10.6. The Hall–Kier alpha value is -1.44. The van der Waals surface area contributed by atoms with Crippen molar-refractivity contribution in [3.8, 4) is 5.75 Å². The molecule has 0 fully saturated rings. The quantitative estimate of drug-likeness (QED) is 0.729. The first-order chi connectivity index (χ1) is 6.88. The average molecular weight is 190 g/mol. The molecule has 0 spiro atoms. The molecule has 1 aromatic carbocycles. The van der Waals surface area contributed by atoms with Gasteiger partial charge in [-0.3, -0.25) is 0 Å². The van der Waals surface area contributed by atoms with E-state index >= 15 is 0 Å². The fourth-order valence-corrected chi connectivity index (χ4v) is 1.62. The molecule has 2 rings (SSSR count). The second-order valence-electron chi connectivity index (χ2n) is 3.42. The van der Waals surface area contributed by atoms with Crippen molar-refractivity contribution in [2.75, 3.05) is 7.11 Å². The van der Waals surface area contributed by atoms with Gasteiger partial charge in [0.25, 0.3) is 0 Å². The first-order valence-electron chi connectivity index (χ1n) is 4.82. The lowest BCUT2D eigenvalue weighted by Gasteiger charge is -2.10. The van der Waals surface area contributed by atoms with Crippen LogP contribution in [0.3, 0.4) is 0 Å². The van der Waals surface area contributed by atoms with Gasteiger partial charge in [-0.15, -0.1) is 0 Å². The maximum atomic E-state index is 5.41. The van der Waals surface area contributed by atoms with Crippen molar-refractivity contribution in [3.05, 3.63) is 42.2 Å². The highest BCUT2D eigenvalue weighted by atomic mass is 16.5. The van der Waals surface area contributed by atoms with Gasteiger partial charge in [0.2, 0.25) is 0 Å². The summed E-state index contributed by atoms with van der Waals surface area (Å²) in [6.45, 7) is 0. The van der Waals surface area contributed by atoms with Crippen LogP contribution in [0, 0.1) is 0 Å². The van der Waals surface area contributed by atoms with Gasteiger partial charge in [-0.05, 0) is 23.8 Å². The molecule has 1 heterocycles. The van der Waals surface area contributed by atoms with Crippen LogP contribution in [0.15, 0.2) is 36.6 Å². The highest BCUT2D eigenvalue weighted by molar-refractivity contribution is 5.29. The molecule has 1 aliphatic rings. The Morgan fingerprint density at radius 3 is 3.14 bits per heavy atom. The molecule has 2 nitrogen and oxygen atoms in total. The zero-order valence-corrected chi connectivity index (χ0v) is 8.27. The number of hydrogen-bond donors (Lipinski definition) is 0. The minimum Gasteiger partial charge on any atom is -0.498 e. The monoisotopic (exact) mass is 190 g/mol. The molecule has 14 heavy (non-hydrogen) atoms.